The minimum absolute atomic E-state index is 0.461. The highest BCUT2D eigenvalue weighted by molar-refractivity contribution is 7.03. The Bertz CT molecular complexity index is 145. The second-order valence-electron chi connectivity index (χ2n) is 1.09. The molecule has 0 aliphatic rings. The SMILES string of the molecule is Cc1nsc([18F])n1. The van der Waals surface area contributed by atoms with E-state index in [1.165, 1.54) is 0 Å². The molecule has 0 spiro atoms. The highest BCUT2D eigenvalue weighted by atomic mass is 32.1. The van der Waals surface area contributed by atoms with Gasteiger partial charge in [-0.25, -0.2) is 0 Å². The summed E-state index contributed by atoms with van der Waals surface area (Å²) in [7, 11) is 0. The van der Waals surface area contributed by atoms with Gasteiger partial charge >= 0.3 is 0 Å². The van der Waals surface area contributed by atoms with Gasteiger partial charge in [-0.2, -0.15) is 13.7 Å². The maximum Gasteiger partial charge on any atom is 0.288 e. The summed E-state index contributed by atoms with van der Waals surface area (Å²) in [5.41, 5.74) is 0. The highest BCUT2D eigenvalue weighted by Crippen LogP contribution is 1.98. The molecular weight excluding hydrogens is 114 g/mol. The molecule has 0 atom stereocenters. The van der Waals surface area contributed by atoms with Gasteiger partial charge in [-0.3, -0.25) is 0 Å². The Morgan fingerprint density at radius 3 is 2.57 bits per heavy atom. The van der Waals surface area contributed by atoms with Gasteiger partial charge in [0.1, 0.15) is 5.82 Å². The molecule has 0 amide bonds. The first-order chi connectivity index (χ1) is 3.29. The van der Waals surface area contributed by atoms with Gasteiger partial charge in [-0.15, -0.1) is 0 Å². The number of hydrogen-bond acceptors (Lipinski definition) is 3. The van der Waals surface area contributed by atoms with E-state index < -0.39 is 5.26 Å². The molecule has 1 rings (SSSR count). The number of aromatic nitrogens is 2. The van der Waals surface area contributed by atoms with E-state index in [0.29, 0.717) is 5.82 Å². The van der Waals surface area contributed by atoms with E-state index in [1.807, 2.05) is 0 Å². The molecule has 0 aromatic carbocycles. The summed E-state index contributed by atoms with van der Waals surface area (Å²) in [6.45, 7) is 1.65. The zero-order valence-corrected chi connectivity index (χ0v) is 4.50. The molecule has 0 aliphatic heterocycles. The largest absolute Gasteiger partial charge is 0.288 e. The number of hydrogen-bond donors (Lipinski definition) is 0. The Balaban J connectivity index is 3.04. The lowest BCUT2D eigenvalue weighted by atomic mass is 10.8. The van der Waals surface area contributed by atoms with Crippen molar-refractivity contribution in [2.24, 2.45) is 0 Å². The normalized spacial score (nSPS) is 9.43. The van der Waals surface area contributed by atoms with Crippen LogP contribution in [-0.2, 0) is 0 Å². The van der Waals surface area contributed by atoms with Crippen molar-refractivity contribution in [3.63, 3.8) is 0 Å². The number of rotatable bonds is 0. The third-order valence-electron chi connectivity index (χ3n) is 0.503. The van der Waals surface area contributed by atoms with Crippen LogP contribution in [0.3, 0.4) is 0 Å². The summed E-state index contributed by atoms with van der Waals surface area (Å²) >= 11 is 0.777. The molecule has 1 heterocycles. The lowest BCUT2D eigenvalue weighted by molar-refractivity contribution is 0.614. The lowest BCUT2D eigenvalue weighted by Gasteiger charge is -1.64. The molecule has 0 bridgehead atoms. The fraction of sp³-hybridized carbons (Fsp3) is 0.333. The maximum absolute atomic E-state index is 11.8. The van der Waals surface area contributed by atoms with Crippen LogP contribution in [0, 0.1) is 12.2 Å². The zero-order chi connectivity index (χ0) is 5.28. The summed E-state index contributed by atoms with van der Waals surface area (Å²) < 4.78 is 15.3. The summed E-state index contributed by atoms with van der Waals surface area (Å²) in [4.78, 5) is 3.35. The lowest BCUT2D eigenvalue weighted by Crippen LogP contribution is -1.70. The summed E-state index contributed by atoms with van der Waals surface area (Å²) in [6, 6.07) is 0. The van der Waals surface area contributed by atoms with Gasteiger partial charge in [0.25, 0.3) is 5.26 Å². The Morgan fingerprint density at radius 1 is 1.71 bits per heavy atom. The summed E-state index contributed by atoms with van der Waals surface area (Å²) in [5, 5.41) is -0.461. The van der Waals surface area contributed by atoms with Gasteiger partial charge in [0.15, 0.2) is 0 Å². The van der Waals surface area contributed by atoms with Crippen LogP contribution < -0.4 is 0 Å². The monoisotopic (exact) mass is 117 g/mol. The zero-order valence-electron chi connectivity index (χ0n) is 3.68. The third kappa shape index (κ3) is 0.928. The molecule has 0 fully saturated rings. The topological polar surface area (TPSA) is 25.8 Å². The predicted octanol–water partition coefficient (Wildman–Crippen LogP) is 0.986. The van der Waals surface area contributed by atoms with Crippen LogP contribution in [0.4, 0.5) is 4.39 Å². The minimum atomic E-state index is -0.461. The van der Waals surface area contributed by atoms with E-state index in [4.69, 9.17) is 0 Å². The van der Waals surface area contributed by atoms with E-state index in [0.717, 1.165) is 11.5 Å². The minimum Gasteiger partial charge on any atom is -0.193 e. The maximum atomic E-state index is 11.8. The first kappa shape index (κ1) is 4.64. The van der Waals surface area contributed by atoms with E-state index in [2.05, 4.69) is 9.36 Å². The molecule has 0 aliphatic carbocycles. The molecule has 1 aromatic heterocycles. The van der Waals surface area contributed by atoms with Crippen LogP contribution in [0.25, 0.3) is 0 Å². The highest BCUT2D eigenvalue weighted by Gasteiger charge is 1.92. The van der Waals surface area contributed by atoms with Gasteiger partial charge in [-0.05, 0) is 6.92 Å². The van der Waals surface area contributed by atoms with Crippen LogP contribution in [0.15, 0.2) is 0 Å². The van der Waals surface area contributed by atoms with Gasteiger partial charge < -0.3 is 0 Å². The molecule has 7 heavy (non-hydrogen) atoms. The average molecular weight is 117 g/mol. The van der Waals surface area contributed by atoms with Crippen LogP contribution in [0.1, 0.15) is 5.82 Å². The predicted molar refractivity (Wildman–Crippen MR) is 24.6 cm³/mol. The molecule has 1 aromatic rings. The molecular formula is C3H3FN2S. The Kier molecular flexibility index (Phi) is 1.02. The van der Waals surface area contributed by atoms with Crippen molar-refractivity contribution in [3.05, 3.63) is 11.1 Å². The van der Waals surface area contributed by atoms with Crippen molar-refractivity contribution >= 4 is 11.5 Å². The standard InChI is InChI=1S/C3H3FN2S/c1-2-5-3(4)7-6-2/h1H3/i4-1. The number of halogens is 1. The first-order valence-corrected chi connectivity index (χ1v) is 2.52. The smallest absolute Gasteiger partial charge is 0.193 e. The molecule has 4 heteroatoms. The van der Waals surface area contributed by atoms with Crippen molar-refractivity contribution in [3.8, 4) is 0 Å². The van der Waals surface area contributed by atoms with Crippen molar-refractivity contribution in [2.45, 2.75) is 6.92 Å². The summed E-state index contributed by atoms with van der Waals surface area (Å²) in [5.74, 6) is 0.502. The van der Waals surface area contributed by atoms with E-state index >= 15 is 0 Å². The van der Waals surface area contributed by atoms with Gasteiger partial charge in [-0.1, -0.05) is 0 Å². The summed E-state index contributed by atoms with van der Waals surface area (Å²) in [6.07, 6.45) is 0. The molecule has 2 nitrogen and oxygen atoms in total. The van der Waals surface area contributed by atoms with E-state index in [-0.39, 0.29) is 0 Å². The van der Waals surface area contributed by atoms with E-state index in [1.54, 1.807) is 6.92 Å². The average Bonchev–Trinajstić information content (AvgIpc) is 1.87. The number of aryl methyl sites for hydroxylation is 1. The van der Waals surface area contributed by atoms with Gasteiger partial charge in [0.2, 0.25) is 0 Å². The van der Waals surface area contributed by atoms with Crippen LogP contribution in [0.2, 0.25) is 0 Å². The van der Waals surface area contributed by atoms with Crippen molar-refractivity contribution in [1.82, 2.24) is 9.36 Å². The fourth-order valence-corrected chi connectivity index (χ4v) is 0.693. The van der Waals surface area contributed by atoms with Crippen molar-refractivity contribution < 1.29 is 4.39 Å². The number of nitrogens with zero attached hydrogens (tertiary/aromatic N) is 2. The molecule has 38 valence electrons. The van der Waals surface area contributed by atoms with Crippen LogP contribution in [0.5, 0.6) is 0 Å². The Morgan fingerprint density at radius 2 is 2.43 bits per heavy atom. The molecule has 0 unspecified atom stereocenters. The molecule has 0 saturated heterocycles. The first-order valence-electron chi connectivity index (χ1n) is 1.75. The second kappa shape index (κ2) is 1.54. The molecule has 0 N–H and O–H groups in total. The van der Waals surface area contributed by atoms with Crippen molar-refractivity contribution in [1.29, 1.82) is 0 Å². The van der Waals surface area contributed by atoms with E-state index in [9.17, 15) is 4.39 Å². The molecule has 0 saturated carbocycles. The molecule has 0 radical (unpaired) electrons. The fourth-order valence-electron chi connectivity index (χ4n) is 0.272. The Labute approximate surface area is 44.2 Å². The van der Waals surface area contributed by atoms with Gasteiger partial charge in [0.05, 0.1) is 0 Å². The van der Waals surface area contributed by atoms with Crippen molar-refractivity contribution in [2.75, 3.05) is 0 Å². The van der Waals surface area contributed by atoms with Crippen LogP contribution >= 0.6 is 11.5 Å². The third-order valence-corrected chi connectivity index (χ3v) is 1.10. The van der Waals surface area contributed by atoms with Gasteiger partial charge in [0, 0.05) is 11.5 Å². The quantitative estimate of drug-likeness (QED) is 0.506. The Hall–Kier alpha value is -0.510. The van der Waals surface area contributed by atoms with Crippen LogP contribution in [-0.4, -0.2) is 9.36 Å². The second-order valence-corrected chi connectivity index (χ2v) is 1.80.